The van der Waals surface area contributed by atoms with Gasteiger partial charge in [-0.2, -0.15) is 0 Å². The average molecular weight is 174 g/mol. The zero-order valence-corrected chi connectivity index (χ0v) is 8.26. The van der Waals surface area contributed by atoms with Crippen molar-refractivity contribution in [2.45, 2.75) is 44.9 Å². The van der Waals surface area contributed by atoms with Crippen molar-refractivity contribution in [3.8, 4) is 0 Å². The van der Waals surface area contributed by atoms with Gasteiger partial charge in [0.1, 0.15) is 0 Å². The number of hydrogen-bond acceptors (Lipinski definition) is 0. The highest BCUT2D eigenvalue weighted by Gasteiger charge is 2.33. The molecule has 0 heteroatoms. The Morgan fingerprint density at radius 3 is 2.15 bits per heavy atom. The van der Waals surface area contributed by atoms with Crippen LogP contribution in [0.4, 0.5) is 0 Å². The molecule has 0 amide bonds. The van der Waals surface area contributed by atoms with Crippen molar-refractivity contribution in [3.63, 3.8) is 0 Å². The van der Waals surface area contributed by atoms with Crippen LogP contribution in [0, 0.1) is 11.8 Å². The first-order valence-corrected chi connectivity index (χ1v) is 5.84. The van der Waals surface area contributed by atoms with Crippen molar-refractivity contribution in [1.29, 1.82) is 0 Å². The lowest BCUT2D eigenvalue weighted by Crippen LogP contribution is -2.21. The van der Waals surface area contributed by atoms with Gasteiger partial charge >= 0.3 is 0 Å². The van der Waals surface area contributed by atoms with E-state index in [0.29, 0.717) is 0 Å². The summed E-state index contributed by atoms with van der Waals surface area (Å²) in [6.07, 6.45) is 15.0. The second kappa shape index (κ2) is 3.01. The van der Waals surface area contributed by atoms with Gasteiger partial charge in [0.2, 0.25) is 0 Å². The van der Waals surface area contributed by atoms with Gasteiger partial charge in [0.15, 0.2) is 0 Å². The van der Waals surface area contributed by atoms with E-state index in [1.807, 2.05) is 0 Å². The molecule has 0 aromatic rings. The van der Waals surface area contributed by atoms with Crippen LogP contribution in [-0.4, -0.2) is 0 Å². The normalized spacial score (nSPS) is 37.5. The zero-order chi connectivity index (χ0) is 8.67. The van der Waals surface area contributed by atoms with Crippen LogP contribution in [0.25, 0.3) is 0 Å². The molecule has 0 aliphatic heterocycles. The molecule has 2 saturated carbocycles. The SMILES string of the molecule is C1=C2CCCC[C@H]2[C@H]2CCCC2=C1. The van der Waals surface area contributed by atoms with E-state index in [1.54, 1.807) is 11.1 Å². The van der Waals surface area contributed by atoms with E-state index in [-0.39, 0.29) is 0 Å². The van der Waals surface area contributed by atoms with Crippen LogP contribution in [0.3, 0.4) is 0 Å². The van der Waals surface area contributed by atoms with E-state index in [2.05, 4.69) is 12.2 Å². The first kappa shape index (κ1) is 7.84. The second-order valence-corrected chi connectivity index (χ2v) is 4.83. The summed E-state index contributed by atoms with van der Waals surface area (Å²) < 4.78 is 0. The van der Waals surface area contributed by atoms with E-state index in [9.17, 15) is 0 Å². The number of rotatable bonds is 0. The van der Waals surface area contributed by atoms with Gasteiger partial charge in [-0.3, -0.25) is 0 Å². The summed E-state index contributed by atoms with van der Waals surface area (Å²) in [7, 11) is 0. The first-order valence-electron chi connectivity index (χ1n) is 5.84. The van der Waals surface area contributed by atoms with Crippen molar-refractivity contribution in [3.05, 3.63) is 23.3 Å². The summed E-state index contributed by atoms with van der Waals surface area (Å²) in [5, 5.41) is 0. The van der Waals surface area contributed by atoms with Gasteiger partial charge in [-0.1, -0.05) is 29.7 Å². The lowest BCUT2D eigenvalue weighted by Gasteiger charge is -2.33. The lowest BCUT2D eigenvalue weighted by molar-refractivity contribution is 0.352. The predicted octanol–water partition coefficient (Wildman–Crippen LogP) is 3.84. The van der Waals surface area contributed by atoms with Gasteiger partial charge < -0.3 is 0 Å². The maximum atomic E-state index is 2.45. The van der Waals surface area contributed by atoms with Crippen molar-refractivity contribution in [2.24, 2.45) is 11.8 Å². The fourth-order valence-electron chi connectivity index (χ4n) is 3.51. The number of fused-ring (bicyclic) bond motifs is 3. The summed E-state index contributed by atoms with van der Waals surface area (Å²) in [4.78, 5) is 0. The summed E-state index contributed by atoms with van der Waals surface area (Å²) in [6.45, 7) is 0. The van der Waals surface area contributed by atoms with E-state index in [0.717, 1.165) is 11.8 Å². The lowest BCUT2D eigenvalue weighted by atomic mass is 9.72. The Hall–Kier alpha value is -0.520. The van der Waals surface area contributed by atoms with E-state index >= 15 is 0 Å². The monoisotopic (exact) mass is 174 g/mol. The molecule has 0 N–H and O–H groups in total. The Morgan fingerprint density at radius 1 is 0.769 bits per heavy atom. The third-order valence-electron chi connectivity index (χ3n) is 4.16. The minimum absolute atomic E-state index is 0.969. The van der Waals surface area contributed by atoms with Crippen LogP contribution in [0.2, 0.25) is 0 Å². The van der Waals surface area contributed by atoms with Crippen molar-refractivity contribution >= 4 is 0 Å². The highest BCUT2D eigenvalue weighted by Crippen LogP contribution is 2.47. The molecule has 0 saturated heterocycles. The molecule has 0 nitrogen and oxygen atoms in total. The van der Waals surface area contributed by atoms with Gasteiger partial charge in [0.05, 0.1) is 0 Å². The van der Waals surface area contributed by atoms with E-state index in [4.69, 9.17) is 0 Å². The Balaban J connectivity index is 1.93. The maximum absolute atomic E-state index is 2.45. The average Bonchev–Trinajstić information content (AvgIpc) is 2.65. The molecule has 13 heavy (non-hydrogen) atoms. The summed E-state index contributed by atoms with van der Waals surface area (Å²) >= 11 is 0. The molecule has 0 aromatic heterocycles. The van der Waals surface area contributed by atoms with Crippen molar-refractivity contribution in [2.75, 3.05) is 0 Å². The molecule has 0 radical (unpaired) electrons. The first-order chi connectivity index (χ1) is 6.45. The molecule has 0 aromatic carbocycles. The number of allylic oxidation sites excluding steroid dienone is 4. The molecule has 3 rings (SSSR count). The molecule has 70 valence electrons. The highest BCUT2D eigenvalue weighted by atomic mass is 14.4. The molecule has 0 bridgehead atoms. The quantitative estimate of drug-likeness (QED) is 0.523. The van der Waals surface area contributed by atoms with Gasteiger partial charge in [0.25, 0.3) is 0 Å². The summed E-state index contributed by atoms with van der Waals surface area (Å²) in [5.41, 5.74) is 3.55. The predicted molar refractivity (Wildman–Crippen MR) is 55.5 cm³/mol. The van der Waals surface area contributed by atoms with Crippen LogP contribution in [-0.2, 0) is 0 Å². The molecule has 0 spiro atoms. The van der Waals surface area contributed by atoms with E-state index in [1.165, 1.54) is 44.9 Å². The molecule has 2 fully saturated rings. The maximum Gasteiger partial charge on any atom is -0.0134 e. The third-order valence-corrected chi connectivity index (χ3v) is 4.16. The van der Waals surface area contributed by atoms with Crippen LogP contribution < -0.4 is 0 Å². The topological polar surface area (TPSA) is 0 Å². The van der Waals surface area contributed by atoms with Gasteiger partial charge in [0, 0.05) is 0 Å². The van der Waals surface area contributed by atoms with Gasteiger partial charge in [-0.15, -0.1) is 0 Å². The highest BCUT2D eigenvalue weighted by molar-refractivity contribution is 5.31. The van der Waals surface area contributed by atoms with Crippen LogP contribution in [0.5, 0.6) is 0 Å². The fraction of sp³-hybridized carbons (Fsp3) is 0.692. The number of hydrogen-bond donors (Lipinski definition) is 0. The smallest absolute Gasteiger partial charge is 0.0134 e. The minimum atomic E-state index is 0.969. The Kier molecular flexibility index (Phi) is 1.81. The zero-order valence-electron chi connectivity index (χ0n) is 8.26. The van der Waals surface area contributed by atoms with Gasteiger partial charge in [-0.05, 0) is 50.4 Å². The Labute approximate surface area is 80.7 Å². The van der Waals surface area contributed by atoms with Crippen LogP contribution >= 0.6 is 0 Å². The molecular weight excluding hydrogens is 156 g/mol. The molecule has 3 aliphatic rings. The molecular formula is C13H18. The minimum Gasteiger partial charge on any atom is -0.0665 e. The van der Waals surface area contributed by atoms with Gasteiger partial charge in [-0.25, -0.2) is 0 Å². The molecule has 2 atom stereocenters. The van der Waals surface area contributed by atoms with Crippen LogP contribution in [0.1, 0.15) is 44.9 Å². The third kappa shape index (κ3) is 1.19. The van der Waals surface area contributed by atoms with E-state index < -0.39 is 0 Å². The Bertz CT molecular complexity index is 270. The summed E-state index contributed by atoms with van der Waals surface area (Å²) in [5.74, 6) is 1.94. The Morgan fingerprint density at radius 2 is 1.38 bits per heavy atom. The summed E-state index contributed by atoms with van der Waals surface area (Å²) in [6, 6.07) is 0. The van der Waals surface area contributed by atoms with Crippen molar-refractivity contribution in [1.82, 2.24) is 0 Å². The fourth-order valence-corrected chi connectivity index (χ4v) is 3.51. The van der Waals surface area contributed by atoms with Crippen molar-refractivity contribution < 1.29 is 0 Å². The largest absolute Gasteiger partial charge is 0.0665 e. The molecule has 0 heterocycles. The van der Waals surface area contributed by atoms with Crippen LogP contribution in [0.15, 0.2) is 23.3 Å². The molecule has 3 aliphatic carbocycles. The standard InChI is InChI=1S/C13H18/c1-2-6-12-10(4-1)8-9-11-5-3-7-13(11)12/h8-9,12-13H,1-7H2/t12-,13+/m1/s1. The second-order valence-electron chi connectivity index (χ2n) is 4.83. The molecule has 0 unspecified atom stereocenters.